The second-order valence-corrected chi connectivity index (χ2v) is 5.15. The molecule has 0 aliphatic carbocycles. The Morgan fingerprint density at radius 3 is 2.42 bits per heavy atom. The van der Waals surface area contributed by atoms with Gasteiger partial charge in [-0.1, -0.05) is 32.5 Å². The molecular weight excluding hydrogens is 191 g/mol. The van der Waals surface area contributed by atoms with Gasteiger partial charge in [-0.25, -0.2) is 0 Å². The van der Waals surface area contributed by atoms with Crippen molar-refractivity contribution in [3.8, 4) is 0 Å². The molecule has 0 radical (unpaired) electrons. The maximum absolute atomic E-state index is 10.6. The highest BCUT2D eigenvalue weighted by Gasteiger charge is 2.06. The van der Waals surface area contributed by atoms with Gasteiger partial charge in [0.1, 0.15) is 0 Å². The monoisotopic (exact) mass is 210 g/mol. The summed E-state index contributed by atoms with van der Waals surface area (Å²) in [5.41, 5.74) is 0. The standard InChI is InChI=1S/C8H19O2PS/c1-4-7(2)5-6-8(3)10-11(9)12/h7-8,11H,4-6H2,1-3H3,(H,9,12). The van der Waals surface area contributed by atoms with Crippen LogP contribution in [0.4, 0.5) is 0 Å². The van der Waals surface area contributed by atoms with E-state index >= 15 is 0 Å². The van der Waals surface area contributed by atoms with Gasteiger partial charge in [0.15, 0.2) is 0 Å². The van der Waals surface area contributed by atoms with Crippen molar-refractivity contribution >= 4 is 19.5 Å². The molecule has 2 nitrogen and oxygen atoms in total. The van der Waals surface area contributed by atoms with Gasteiger partial charge in [0, 0.05) is 0 Å². The van der Waals surface area contributed by atoms with Crippen LogP contribution in [0.1, 0.15) is 40.0 Å². The molecule has 0 bridgehead atoms. The molecule has 0 aromatic rings. The number of hydrogen-bond donors (Lipinski definition) is 1. The Hall–Kier alpha value is 0.540. The smallest absolute Gasteiger partial charge is 0.243 e. The van der Waals surface area contributed by atoms with Gasteiger partial charge in [0.2, 0.25) is 7.23 Å². The highest BCUT2D eigenvalue weighted by atomic mass is 32.7. The van der Waals surface area contributed by atoms with E-state index in [0.29, 0.717) is 0 Å². The lowest BCUT2D eigenvalue weighted by Gasteiger charge is -2.13. The zero-order chi connectivity index (χ0) is 9.56. The Labute approximate surface area is 81.1 Å². The molecule has 74 valence electrons. The van der Waals surface area contributed by atoms with Crippen molar-refractivity contribution < 1.29 is 9.09 Å². The van der Waals surface area contributed by atoms with E-state index < -0.39 is 7.23 Å². The predicted molar refractivity (Wildman–Crippen MR) is 57.2 cm³/mol. The molecule has 0 aliphatic heterocycles. The molecule has 0 saturated heterocycles. The summed E-state index contributed by atoms with van der Waals surface area (Å²) in [5.74, 6) is 0.735. The lowest BCUT2D eigenvalue weighted by Crippen LogP contribution is -2.05. The fraction of sp³-hybridized carbons (Fsp3) is 1.00. The van der Waals surface area contributed by atoms with Crippen molar-refractivity contribution in [1.82, 2.24) is 0 Å². The molecule has 0 fully saturated rings. The van der Waals surface area contributed by atoms with Crippen LogP contribution in [0.25, 0.3) is 0 Å². The third-order valence-corrected chi connectivity index (χ3v) is 2.99. The highest BCUT2D eigenvalue weighted by molar-refractivity contribution is 8.39. The lowest BCUT2D eigenvalue weighted by molar-refractivity contribution is 0.218. The molecule has 0 heterocycles. The predicted octanol–water partition coefficient (Wildman–Crippen LogP) is 3.54. The van der Waals surface area contributed by atoms with E-state index in [2.05, 4.69) is 26.1 Å². The van der Waals surface area contributed by atoms with Gasteiger partial charge < -0.3 is 4.52 Å². The molecule has 3 atom stereocenters. The van der Waals surface area contributed by atoms with Crippen LogP contribution in [-0.2, 0) is 9.09 Å². The Morgan fingerprint density at radius 2 is 2.00 bits per heavy atom. The first kappa shape index (κ1) is 12.5. The fourth-order valence-electron chi connectivity index (χ4n) is 0.954. The van der Waals surface area contributed by atoms with Crippen LogP contribution in [0, 0.1) is 5.92 Å². The molecular formula is C8H19O2PS. The summed E-state index contributed by atoms with van der Waals surface area (Å²) >= 11 is 3.73. The van der Waals surface area contributed by atoms with E-state index in [1.807, 2.05) is 6.92 Å². The third kappa shape index (κ3) is 7.20. The van der Waals surface area contributed by atoms with Crippen LogP contribution in [0.3, 0.4) is 0 Å². The van der Waals surface area contributed by atoms with E-state index in [-0.39, 0.29) is 6.10 Å². The second-order valence-electron chi connectivity index (χ2n) is 3.29. The van der Waals surface area contributed by atoms with Crippen LogP contribution < -0.4 is 0 Å². The van der Waals surface area contributed by atoms with Gasteiger partial charge in [-0.05, 0) is 25.7 Å². The van der Waals surface area contributed by atoms with E-state index in [1.54, 1.807) is 0 Å². The largest absolute Gasteiger partial charge is 0.320 e. The van der Waals surface area contributed by atoms with E-state index in [1.165, 1.54) is 6.42 Å². The summed E-state index contributed by atoms with van der Waals surface area (Å²) in [4.78, 5) is 0. The molecule has 0 aromatic heterocycles. The molecule has 12 heavy (non-hydrogen) atoms. The van der Waals surface area contributed by atoms with Crippen LogP contribution in [0.2, 0.25) is 0 Å². The summed E-state index contributed by atoms with van der Waals surface area (Å²) in [6.45, 7) is 6.34. The first-order valence-corrected chi connectivity index (χ1v) is 7.06. The molecule has 0 amide bonds. The first-order valence-electron chi connectivity index (χ1n) is 4.45. The van der Waals surface area contributed by atoms with Gasteiger partial charge in [-0.15, -0.1) is 0 Å². The molecule has 0 N–H and O–H groups in total. The first-order chi connectivity index (χ1) is 5.56. The zero-order valence-electron chi connectivity index (χ0n) is 8.04. The minimum atomic E-state index is -2.04. The van der Waals surface area contributed by atoms with E-state index in [9.17, 15) is 4.57 Å². The number of thiol groups is 1. The minimum Gasteiger partial charge on any atom is -0.320 e. The van der Waals surface area contributed by atoms with Crippen molar-refractivity contribution in [2.75, 3.05) is 0 Å². The maximum Gasteiger partial charge on any atom is 0.243 e. The molecule has 0 spiro atoms. The Bertz CT molecular complexity index is 141. The van der Waals surface area contributed by atoms with Crippen LogP contribution in [0.15, 0.2) is 0 Å². The van der Waals surface area contributed by atoms with E-state index in [0.717, 1.165) is 18.8 Å². The van der Waals surface area contributed by atoms with Crippen molar-refractivity contribution in [3.05, 3.63) is 0 Å². The summed E-state index contributed by atoms with van der Waals surface area (Å²) in [6.07, 6.45) is 3.40. The van der Waals surface area contributed by atoms with Crippen molar-refractivity contribution in [2.24, 2.45) is 5.92 Å². The van der Waals surface area contributed by atoms with Gasteiger partial charge in [0.25, 0.3) is 0 Å². The molecule has 0 aromatic carbocycles. The summed E-state index contributed by atoms with van der Waals surface area (Å²) in [6, 6.07) is 0. The fourth-order valence-corrected chi connectivity index (χ4v) is 1.96. The number of rotatable bonds is 6. The van der Waals surface area contributed by atoms with Crippen LogP contribution >= 0.6 is 19.5 Å². The van der Waals surface area contributed by atoms with Gasteiger partial charge in [-0.2, -0.15) is 0 Å². The topological polar surface area (TPSA) is 26.3 Å². The van der Waals surface area contributed by atoms with Gasteiger partial charge in [0.05, 0.1) is 6.10 Å². The second kappa shape index (κ2) is 6.99. The van der Waals surface area contributed by atoms with Crippen molar-refractivity contribution in [1.29, 1.82) is 0 Å². The summed E-state index contributed by atoms with van der Waals surface area (Å²) < 4.78 is 15.7. The Kier molecular flexibility index (Phi) is 7.31. The van der Waals surface area contributed by atoms with Crippen molar-refractivity contribution in [3.63, 3.8) is 0 Å². The molecule has 0 aliphatic rings. The summed E-state index contributed by atoms with van der Waals surface area (Å²) in [5, 5.41) is 0. The average molecular weight is 210 g/mol. The molecule has 3 unspecified atom stereocenters. The summed E-state index contributed by atoms with van der Waals surface area (Å²) in [7, 11) is -2.04. The molecule has 4 heteroatoms. The average Bonchev–Trinajstić information content (AvgIpc) is 1.99. The van der Waals surface area contributed by atoms with Gasteiger partial charge in [-0.3, -0.25) is 4.57 Å². The Morgan fingerprint density at radius 1 is 1.42 bits per heavy atom. The quantitative estimate of drug-likeness (QED) is 0.536. The van der Waals surface area contributed by atoms with Crippen molar-refractivity contribution in [2.45, 2.75) is 46.1 Å². The Balaban J connectivity index is 3.43. The van der Waals surface area contributed by atoms with Crippen LogP contribution in [0.5, 0.6) is 0 Å². The number of hydrogen-bond acceptors (Lipinski definition) is 2. The van der Waals surface area contributed by atoms with Crippen LogP contribution in [-0.4, -0.2) is 6.10 Å². The normalized spacial score (nSPS) is 18.7. The lowest BCUT2D eigenvalue weighted by atomic mass is 10.0. The zero-order valence-corrected chi connectivity index (χ0v) is 9.93. The third-order valence-electron chi connectivity index (χ3n) is 2.06. The highest BCUT2D eigenvalue weighted by Crippen LogP contribution is 2.30. The van der Waals surface area contributed by atoms with E-state index in [4.69, 9.17) is 4.52 Å². The van der Waals surface area contributed by atoms with Gasteiger partial charge >= 0.3 is 0 Å². The minimum absolute atomic E-state index is 0.0860. The molecule has 0 rings (SSSR count). The maximum atomic E-state index is 10.6. The molecule has 0 saturated carbocycles. The SMILES string of the molecule is CCC(C)CCC(C)O[PH](=O)S.